The zero-order valence-electron chi connectivity index (χ0n) is 10.4. The van der Waals surface area contributed by atoms with Gasteiger partial charge in [-0.2, -0.15) is 0 Å². The van der Waals surface area contributed by atoms with Gasteiger partial charge < -0.3 is 5.32 Å². The molecule has 0 unspecified atom stereocenters. The molecule has 0 aliphatic carbocycles. The fourth-order valence-corrected chi connectivity index (χ4v) is 1.12. The van der Waals surface area contributed by atoms with Crippen LogP contribution in [0.5, 0.6) is 0 Å². The van der Waals surface area contributed by atoms with Crippen LogP contribution in [0.25, 0.3) is 0 Å². The minimum atomic E-state index is -0.0675. The summed E-state index contributed by atoms with van der Waals surface area (Å²) in [7, 11) is 0. The molecule has 0 saturated heterocycles. The summed E-state index contributed by atoms with van der Waals surface area (Å²) in [6.07, 6.45) is 7.32. The maximum atomic E-state index is 11.5. The second kappa shape index (κ2) is 8.89. The lowest BCUT2D eigenvalue weighted by Gasteiger charge is -2.04. The number of nitrogens with one attached hydrogen (secondary N) is 1. The van der Waals surface area contributed by atoms with E-state index in [0.717, 1.165) is 6.42 Å². The SMILES string of the molecule is CC=CC=C(C)C(=O)NCCCC(=O)CC. The summed E-state index contributed by atoms with van der Waals surface area (Å²) in [4.78, 5) is 22.5. The van der Waals surface area contributed by atoms with Gasteiger partial charge in [-0.1, -0.05) is 25.2 Å². The van der Waals surface area contributed by atoms with Gasteiger partial charge in [-0.05, 0) is 20.3 Å². The molecule has 0 fully saturated rings. The highest BCUT2D eigenvalue weighted by Gasteiger charge is 2.02. The van der Waals surface area contributed by atoms with Crippen LogP contribution in [0.4, 0.5) is 0 Å². The number of Topliss-reactive ketones (excluding diaryl/α,β-unsaturated/α-hetero) is 1. The normalized spacial score (nSPS) is 11.8. The van der Waals surface area contributed by atoms with Gasteiger partial charge in [-0.25, -0.2) is 0 Å². The van der Waals surface area contributed by atoms with Crippen LogP contribution in [-0.4, -0.2) is 18.2 Å². The summed E-state index contributed by atoms with van der Waals surface area (Å²) in [5.41, 5.74) is 0.680. The van der Waals surface area contributed by atoms with E-state index < -0.39 is 0 Å². The Morgan fingerprint density at radius 2 is 2.00 bits per heavy atom. The summed E-state index contributed by atoms with van der Waals surface area (Å²) in [5, 5.41) is 2.78. The van der Waals surface area contributed by atoms with Crippen LogP contribution in [0.2, 0.25) is 0 Å². The van der Waals surface area contributed by atoms with E-state index in [0.29, 0.717) is 25.0 Å². The van der Waals surface area contributed by atoms with Crippen molar-refractivity contribution < 1.29 is 9.59 Å². The van der Waals surface area contributed by atoms with Gasteiger partial charge in [0.15, 0.2) is 0 Å². The molecule has 0 aromatic carbocycles. The molecule has 0 heterocycles. The van der Waals surface area contributed by atoms with Crippen LogP contribution in [-0.2, 0) is 9.59 Å². The van der Waals surface area contributed by atoms with Crippen molar-refractivity contribution in [2.24, 2.45) is 0 Å². The Hall–Kier alpha value is -1.38. The number of amides is 1. The topological polar surface area (TPSA) is 46.2 Å². The Bertz CT molecular complexity index is 290. The largest absolute Gasteiger partial charge is 0.352 e. The van der Waals surface area contributed by atoms with E-state index in [2.05, 4.69) is 5.32 Å². The molecule has 3 nitrogen and oxygen atoms in total. The van der Waals surface area contributed by atoms with Gasteiger partial charge in [-0.3, -0.25) is 9.59 Å². The van der Waals surface area contributed by atoms with Crippen molar-refractivity contribution in [2.75, 3.05) is 6.54 Å². The van der Waals surface area contributed by atoms with Gasteiger partial charge in [-0.15, -0.1) is 0 Å². The first-order valence-corrected chi connectivity index (χ1v) is 5.71. The van der Waals surface area contributed by atoms with Crippen molar-refractivity contribution in [3.05, 3.63) is 23.8 Å². The number of carbonyl (C=O) groups is 2. The van der Waals surface area contributed by atoms with Gasteiger partial charge in [0, 0.05) is 25.0 Å². The molecule has 90 valence electrons. The maximum absolute atomic E-state index is 11.5. The average molecular weight is 223 g/mol. The predicted octanol–water partition coefficient (Wildman–Crippen LogP) is 2.38. The van der Waals surface area contributed by atoms with Gasteiger partial charge >= 0.3 is 0 Å². The van der Waals surface area contributed by atoms with E-state index in [1.54, 1.807) is 13.0 Å². The van der Waals surface area contributed by atoms with Crippen molar-refractivity contribution in [1.29, 1.82) is 0 Å². The summed E-state index contributed by atoms with van der Waals surface area (Å²) in [5.74, 6) is 0.178. The quantitative estimate of drug-likeness (QED) is 0.409. The number of hydrogen-bond acceptors (Lipinski definition) is 2. The first kappa shape index (κ1) is 14.6. The second-order valence-electron chi connectivity index (χ2n) is 3.63. The third-order valence-electron chi connectivity index (χ3n) is 2.21. The fourth-order valence-electron chi connectivity index (χ4n) is 1.12. The molecule has 0 spiro atoms. The van der Waals surface area contributed by atoms with Crippen LogP contribution in [0.3, 0.4) is 0 Å². The highest BCUT2D eigenvalue weighted by atomic mass is 16.1. The highest BCUT2D eigenvalue weighted by Crippen LogP contribution is 1.96. The first-order chi connectivity index (χ1) is 7.61. The molecule has 0 saturated carbocycles. The van der Waals surface area contributed by atoms with Gasteiger partial charge in [0.25, 0.3) is 0 Å². The molecular formula is C13H21NO2. The van der Waals surface area contributed by atoms with E-state index >= 15 is 0 Å². The Kier molecular flexibility index (Phi) is 8.12. The van der Waals surface area contributed by atoms with Crippen molar-refractivity contribution in [3.8, 4) is 0 Å². The molecule has 0 aliphatic heterocycles. The van der Waals surface area contributed by atoms with Gasteiger partial charge in [0.05, 0.1) is 0 Å². The molecule has 0 atom stereocenters. The van der Waals surface area contributed by atoms with E-state index in [1.165, 1.54) is 0 Å². The molecule has 1 amide bonds. The van der Waals surface area contributed by atoms with Crippen molar-refractivity contribution >= 4 is 11.7 Å². The standard InChI is InChI=1S/C13H21NO2/c1-4-6-8-11(3)13(16)14-10-7-9-12(15)5-2/h4,6,8H,5,7,9-10H2,1-3H3,(H,14,16). The Balaban J connectivity index is 3.77. The zero-order chi connectivity index (χ0) is 12.4. The van der Waals surface area contributed by atoms with Gasteiger partial charge in [0.1, 0.15) is 5.78 Å². The molecule has 0 radical (unpaired) electrons. The zero-order valence-corrected chi connectivity index (χ0v) is 10.4. The molecule has 0 bridgehead atoms. The number of hydrogen-bond donors (Lipinski definition) is 1. The fraction of sp³-hybridized carbons (Fsp3) is 0.538. The molecule has 0 aromatic heterocycles. The molecule has 0 aromatic rings. The first-order valence-electron chi connectivity index (χ1n) is 5.71. The summed E-state index contributed by atoms with van der Waals surface area (Å²) in [6.45, 7) is 6.08. The second-order valence-corrected chi connectivity index (χ2v) is 3.63. The Morgan fingerprint density at radius 1 is 1.31 bits per heavy atom. The number of ketones is 1. The molecule has 3 heteroatoms. The van der Waals surface area contributed by atoms with Gasteiger partial charge in [0.2, 0.25) is 5.91 Å². The number of carbonyl (C=O) groups excluding carboxylic acids is 2. The Morgan fingerprint density at radius 3 is 2.56 bits per heavy atom. The van der Waals surface area contributed by atoms with E-state index in [1.807, 2.05) is 26.0 Å². The lowest BCUT2D eigenvalue weighted by Crippen LogP contribution is -2.25. The lowest BCUT2D eigenvalue weighted by molar-refractivity contribution is -0.120. The maximum Gasteiger partial charge on any atom is 0.246 e. The third-order valence-corrected chi connectivity index (χ3v) is 2.21. The summed E-state index contributed by atoms with van der Waals surface area (Å²) >= 11 is 0. The molecule has 0 aliphatic rings. The smallest absolute Gasteiger partial charge is 0.246 e. The summed E-state index contributed by atoms with van der Waals surface area (Å²) < 4.78 is 0. The molecular weight excluding hydrogens is 202 g/mol. The minimum Gasteiger partial charge on any atom is -0.352 e. The van der Waals surface area contributed by atoms with Crippen LogP contribution in [0.1, 0.15) is 40.0 Å². The Labute approximate surface area is 97.6 Å². The van der Waals surface area contributed by atoms with Crippen molar-refractivity contribution in [1.82, 2.24) is 5.32 Å². The molecule has 0 rings (SSSR count). The lowest BCUT2D eigenvalue weighted by atomic mass is 10.2. The van der Waals surface area contributed by atoms with Crippen LogP contribution in [0, 0.1) is 0 Å². The highest BCUT2D eigenvalue weighted by molar-refractivity contribution is 5.93. The minimum absolute atomic E-state index is 0.0675. The van der Waals surface area contributed by atoms with E-state index in [-0.39, 0.29) is 11.7 Å². The van der Waals surface area contributed by atoms with Crippen molar-refractivity contribution in [2.45, 2.75) is 40.0 Å². The van der Waals surface area contributed by atoms with Crippen LogP contribution in [0.15, 0.2) is 23.8 Å². The monoisotopic (exact) mass is 223 g/mol. The van der Waals surface area contributed by atoms with Crippen LogP contribution < -0.4 is 5.32 Å². The molecule has 16 heavy (non-hydrogen) atoms. The van der Waals surface area contributed by atoms with Crippen molar-refractivity contribution in [3.63, 3.8) is 0 Å². The van der Waals surface area contributed by atoms with Crippen LogP contribution >= 0.6 is 0 Å². The van der Waals surface area contributed by atoms with E-state index in [4.69, 9.17) is 0 Å². The number of rotatable bonds is 7. The van der Waals surface area contributed by atoms with E-state index in [9.17, 15) is 9.59 Å². The molecule has 1 N–H and O–H groups in total. The third kappa shape index (κ3) is 6.98. The average Bonchev–Trinajstić information content (AvgIpc) is 2.30. The number of allylic oxidation sites excluding steroid dienone is 3. The predicted molar refractivity (Wildman–Crippen MR) is 66.1 cm³/mol. The summed E-state index contributed by atoms with van der Waals surface area (Å²) in [6, 6.07) is 0.